The molecule has 1 heterocycles. The van der Waals surface area contributed by atoms with Crippen molar-refractivity contribution in [3.05, 3.63) is 11.4 Å². The molecule has 90 valence electrons. The van der Waals surface area contributed by atoms with E-state index < -0.39 is 0 Å². The summed E-state index contributed by atoms with van der Waals surface area (Å²) in [6, 6.07) is 0. The largest absolute Gasteiger partial charge is 0.296 e. The van der Waals surface area contributed by atoms with Gasteiger partial charge in [-0.3, -0.25) is 4.79 Å². The minimum Gasteiger partial charge on any atom is -0.296 e. The highest BCUT2D eigenvalue weighted by atomic mass is 16.1. The average molecular weight is 223 g/mol. The van der Waals surface area contributed by atoms with Gasteiger partial charge in [0.05, 0.1) is 5.69 Å². The van der Waals surface area contributed by atoms with Crippen LogP contribution < -0.4 is 0 Å². The predicted octanol–water partition coefficient (Wildman–Crippen LogP) is 2.79. The summed E-state index contributed by atoms with van der Waals surface area (Å²) in [7, 11) is 0. The number of aromatic nitrogens is 3. The Bertz CT molecular complexity index is 331. The van der Waals surface area contributed by atoms with Crippen molar-refractivity contribution in [1.29, 1.82) is 0 Å². The van der Waals surface area contributed by atoms with E-state index in [1.165, 1.54) is 19.3 Å². The minimum absolute atomic E-state index is 0.293. The van der Waals surface area contributed by atoms with Crippen LogP contribution in [0.25, 0.3) is 0 Å². The van der Waals surface area contributed by atoms with Gasteiger partial charge in [-0.15, -0.1) is 5.10 Å². The Kier molecular flexibility index (Phi) is 5.15. The van der Waals surface area contributed by atoms with E-state index >= 15 is 0 Å². The van der Waals surface area contributed by atoms with E-state index in [2.05, 4.69) is 31.1 Å². The molecular weight excluding hydrogens is 202 g/mol. The molecule has 0 atom stereocenters. The van der Waals surface area contributed by atoms with Crippen molar-refractivity contribution in [1.82, 2.24) is 15.0 Å². The molecule has 0 aliphatic carbocycles. The van der Waals surface area contributed by atoms with Crippen LogP contribution in [0.4, 0.5) is 0 Å². The van der Waals surface area contributed by atoms with Gasteiger partial charge in [0.25, 0.3) is 0 Å². The minimum atomic E-state index is 0.293. The molecule has 1 aromatic heterocycles. The van der Waals surface area contributed by atoms with E-state index in [4.69, 9.17) is 0 Å². The number of unbranched alkanes of at least 4 members (excludes halogenated alkanes) is 3. The Labute approximate surface area is 97.0 Å². The van der Waals surface area contributed by atoms with Gasteiger partial charge >= 0.3 is 0 Å². The van der Waals surface area contributed by atoms with Crippen molar-refractivity contribution in [3.8, 4) is 0 Å². The summed E-state index contributed by atoms with van der Waals surface area (Å²) in [6.45, 7) is 7.19. The maximum absolute atomic E-state index is 10.8. The Hall–Kier alpha value is -1.19. The molecule has 0 bridgehead atoms. The van der Waals surface area contributed by atoms with E-state index in [-0.39, 0.29) is 0 Å². The van der Waals surface area contributed by atoms with Crippen molar-refractivity contribution in [3.63, 3.8) is 0 Å². The second kappa shape index (κ2) is 6.40. The van der Waals surface area contributed by atoms with Gasteiger partial charge < -0.3 is 0 Å². The van der Waals surface area contributed by atoms with Crippen molar-refractivity contribution in [2.24, 2.45) is 0 Å². The van der Waals surface area contributed by atoms with Crippen molar-refractivity contribution in [2.45, 2.75) is 58.9 Å². The molecule has 0 saturated carbocycles. The third kappa shape index (κ3) is 3.15. The van der Waals surface area contributed by atoms with E-state index in [0.29, 0.717) is 11.6 Å². The zero-order chi connectivity index (χ0) is 12.0. The lowest BCUT2D eigenvalue weighted by Gasteiger charge is -2.09. The van der Waals surface area contributed by atoms with Gasteiger partial charge in [0, 0.05) is 6.54 Å². The first-order valence-electron chi connectivity index (χ1n) is 6.09. The van der Waals surface area contributed by atoms with Gasteiger partial charge in [-0.25, -0.2) is 4.68 Å². The van der Waals surface area contributed by atoms with Crippen LogP contribution in [0.5, 0.6) is 0 Å². The molecule has 16 heavy (non-hydrogen) atoms. The molecule has 0 amide bonds. The molecule has 1 aromatic rings. The van der Waals surface area contributed by atoms with Crippen LogP contribution >= 0.6 is 0 Å². The van der Waals surface area contributed by atoms with E-state index in [1.807, 2.05) is 4.68 Å². The lowest BCUT2D eigenvalue weighted by Crippen LogP contribution is -2.08. The van der Waals surface area contributed by atoms with Crippen LogP contribution in [0.15, 0.2) is 0 Å². The number of rotatable bonds is 7. The number of aryl methyl sites for hydroxylation is 1. The van der Waals surface area contributed by atoms with Crippen LogP contribution in [0.2, 0.25) is 0 Å². The third-order valence-electron chi connectivity index (χ3n) is 2.68. The number of aldehydes is 1. The number of carbonyl (C=O) groups excluding carboxylic acids is 1. The molecule has 0 unspecified atom stereocenters. The normalized spacial score (nSPS) is 11.0. The zero-order valence-corrected chi connectivity index (χ0v) is 10.4. The molecule has 1 rings (SSSR count). The van der Waals surface area contributed by atoms with Gasteiger partial charge in [-0.05, 0) is 12.3 Å². The summed E-state index contributed by atoms with van der Waals surface area (Å²) >= 11 is 0. The molecule has 0 spiro atoms. The molecule has 0 saturated heterocycles. The first-order valence-corrected chi connectivity index (χ1v) is 6.09. The predicted molar refractivity (Wildman–Crippen MR) is 63.6 cm³/mol. The lowest BCUT2D eigenvalue weighted by atomic mass is 10.1. The lowest BCUT2D eigenvalue weighted by molar-refractivity contribution is 0.111. The van der Waals surface area contributed by atoms with Gasteiger partial charge in [0.15, 0.2) is 6.29 Å². The average Bonchev–Trinajstić information content (AvgIpc) is 2.67. The summed E-state index contributed by atoms with van der Waals surface area (Å²) in [5.74, 6) is 0.293. The van der Waals surface area contributed by atoms with Crippen molar-refractivity contribution >= 4 is 6.29 Å². The molecule has 0 radical (unpaired) electrons. The Morgan fingerprint density at radius 3 is 2.62 bits per heavy atom. The number of nitrogens with zero attached hydrogens (tertiary/aromatic N) is 3. The fraction of sp³-hybridized carbons (Fsp3) is 0.750. The van der Waals surface area contributed by atoms with E-state index in [9.17, 15) is 4.79 Å². The first kappa shape index (κ1) is 12.9. The Morgan fingerprint density at radius 2 is 2.06 bits per heavy atom. The molecular formula is C12H21N3O. The monoisotopic (exact) mass is 223 g/mol. The molecule has 4 heteroatoms. The van der Waals surface area contributed by atoms with Crippen molar-refractivity contribution < 1.29 is 4.79 Å². The van der Waals surface area contributed by atoms with Gasteiger partial charge in [-0.2, -0.15) is 0 Å². The smallest absolute Gasteiger partial charge is 0.172 e. The maximum atomic E-state index is 10.8. The Balaban J connectivity index is 2.64. The number of hydrogen-bond acceptors (Lipinski definition) is 3. The van der Waals surface area contributed by atoms with Crippen LogP contribution in [0.3, 0.4) is 0 Å². The Morgan fingerprint density at radius 1 is 1.31 bits per heavy atom. The second-order valence-electron chi connectivity index (χ2n) is 4.42. The maximum Gasteiger partial charge on any atom is 0.172 e. The van der Waals surface area contributed by atoms with Gasteiger partial charge in [0.1, 0.15) is 5.69 Å². The molecule has 0 fully saturated rings. The molecule has 0 aliphatic heterocycles. The number of carbonyl (C=O) groups is 1. The highest BCUT2D eigenvalue weighted by Gasteiger charge is 2.14. The second-order valence-corrected chi connectivity index (χ2v) is 4.42. The van der Waals surface area contributed by atoms with Gasteiger partial charge in [0.2, 0.25) is 0 Å². The van der Waals surface area contributed by atoms with Crippen LogP contribution in [-0.2, 0) is 6.54 Å². The summed E-state index contributed by atoms with van der Waals surface area (Å²) in [4.78, 5) is 10.8. The zero-order valence-electron chi connectivity index (χ0n) is 10.4. The molecule has 0 aliphatic rings. The highest BCUT2D eigenvalue weighted by Crippen LogP contribution is 2.16. The van der Waals surface area contributed by atoms with Crippen LogP contribution in [0, 0.1) is 0 Å². The highest BCUT2D eigenvalue weighted by molar-refractivity contribution is 5.73. The fourth-order valence-electron chi connectivity index (χ4n) is 1.87. The van der Waals surface area contributed by atoms with E-state index in [1.54, 1.807) is 0 Å². The summed E-state index contributed by atoms with van der Waals surface area (Å²) in [5.41, 5.74) is 1.46. The van der Waals surface area contributed by atoms with Crippen molar-refractivity contribution in [2.75, 3.05) is 0 Å². The topological polar surface area (TPSA) is 47.8 Å². The SMILES string of the molecule is CCCCCCn1nnc(C=O)c1C(C)C. The standard InChI is InChI=1S/C12H21N3O/c1-4-5-6-7-8-15-12(10(2)3)11(9-16)13-14-15/h9-10H,4-8H2,1-3H3. The first-order chi connectivity index (χ1) is 7.70. The van der Waals surface area contributed by atoms with Crippen LogP contribution in [0.1, 0.15) is 68.6 Å². The summed E-state index contributed by atoms with van der Waals surface area (Å²) < 4.78 is 1.88. The van der Waals surface area contributed by atoms with E-state index in [0.717, 1.165) is 24.9 Å². The molecule has 0 aromatic carbocycles. The summed E-state index contributed by atoms with van der Waals surface area (Å²) in [5, 5.41) is 7.94. The fourth-order valence-corrected chi connectivity index (χ4v) is 1.87. The summed E-state index contributed by atoms with van der Waals surface area (Å²) in [6.07, 6.45) is 5.60. The third-order valence-corrected chi connectivity index (χ3v) is 2.68. The van der Waals surface area contributed by atoms with Gasteiger partial charge in [-0.1, -0.05) is 45.2 Å². The number of hydrogen-bond donors (Lipinski definition) is 0. The quantitative estimate of drug-likeness (QED) is 0.527. The molecule has 4 nitrogen and oxygen atoms in total. The van der Waals surface area contributed by atoms with Crippen LogP contribution in [-0.4, -0.2) is 21.3 Å². The molecule has 0 N–H and O–H groups in total.